The highest BCUT2D eigenvalue weighted by molar-refractivity contribution is 6.31. The van der Waals surface area contributed by atoms with Crippen LogP contribution < -0.4 is 11.1 Å². The van der Waals surface area contributed by atoms with E-state index in [2.05, 4.69) is 15.3 Å². The second kappa shape index (κ2) is 7.53. The Morgan fingerprint density at radius 1 is 1.25 bits per heavy atom. The highest BCUT2D eigenvalue weighted by Crippen LogP contribution is 2.28. The molecule has 28 heavy (non-hydrogen) atoms. The summed E-state index contributed by atoms with van der Waals surface area (Å²) in [6, 6.07) is 11.8. The van der Waals surface area contributed by atoms with Gasteiger partial charge in [-0.1, -0.05) is 23.7 Å². The van der Waals surface area contributed by atoms with Crippen LogP contribution in [0.3, 0.4) is 0 Å². The number of nitrogens with two attached hydrogens (primary N) is 1. The molecule has 8 heteroatoms. The van der Waals surface area contributed by atoms with Gasteiger partial charge >= 0.3 is 0 Å². The molecule has 1 aliphatic heterocycles. The van der Waals surface area contributed by atoms with Gasteiger partial charge in [0.25, 0.3) is 5.91 Å². The SMILES string of the molecule is NCCNC(=O)c1cn2c(n1)CN=C(c1ccccc1F)c1cc(Cl)ccc1-2. The number of fused-ring (bicyclic) bond motifs is 3. The van der Waals surface area contributed by atoms with E-state index in [0.717, 1.165) is 5.69 Å². The van der Waals surface area contributed by atoms with Crippen molar-refractivity contribution in [3.05, 3.63) is 82.1 Å². The summed E-state index contributed by atoms with van der Waals surface area (Å²) < 4.78 is 16.2. The van der Waals surface area contributed by atoms with Crippen LogP contribution in [0.2, 0.25) is 5.02 Å². The third kappa shape index (κ3) is 3.30. The van der Waals surface area contributed by atoms with E-state index in [1.165, 1.54) is 6.07 Å². The second-order valence-corrected chi connectivity index (χ2v) is 6.70. The van der Waals surface area contributed by atoms with E-state index in [9.17, 15) is 9.18 Å². The van der Waals surface area contributed by atoms with Crippen LogP contribution >= 0.6 is 11.6 Å². The lowest BCUT2D eigenvalue weighted by molar-refractivity contribution is 0.0950. The van der Waals surface area contributed by atoms with Gasteiger partial charge in [0.15, 0.2) is 0 Å². The van der Waals surface area contributed by atoms with Crippen molar-refractivity contribution in [1.29, 1.82) is 0 Å². The van der Waals surface area contributed by atoms with Crippen molar-refractivity contribution < 1.29 is 9.18 Å². The van der Waals surface area contributed by atoms with Crippen LogP contribution in [-0.4, -0.2) is 34.3 Å². The number of nitrogens with zero attached hydrogens (tertiary/aromatic N) is 3. The number of hydrogen-bond acceptors (Lipinski definition) is 4. The lowest BCUT2D eigenvalue weighted by Gasteiger charge is -2.12. The number of imidazole rings is 1. The molecule has 0 aliphatic carbocycles. The molecule has 4 rings (SSSR count). The number of aromatic nitrogens is 2. The number of carbonyl (C=O) groups is 1. The van der Waals surface area contributed by atoms with Gasteiger partial charge in [0.2, 0.25) is 0 Å². The molecule has 0 radical (unpaired) electrons. The van der Waals surface area contributed by atoms with Crippen molar-refractivity contribution in [3.63, 3.8) is 0 Å². The third-order valence-corrected chi connectivity index (χ3v) is 4.66. The molecule has 0 fully saturated rings. The van der Waals surface area contributed by atoms with Crippen molar-refractivity contribution in [2.45, 2.75) is 6.54 Å². The van der Waals surface area contributed by atoms with Gasteiger partial charge in [0.05, 0.1) is 17.9 Å². The Morgan fingerprint density at radius 2 is 2.07 bits per heavy atom. The maximum Gasteiger partial charge on any atom is 0.271 e. The third-order valence-electron chi connectivity index (χ3n) is 4.42. The van der Waals surface area contributed by atoms with Gasteiger partial charge in [-0.05, 0) is 30.3 Å². The van der Waals surface area contributed by atoms with Crippen molar-refractivity contribution in [3.8, 4) is 5.69 Å². The minimum atomic E-state index is -0.367. The molecule has 142 valence electrons. The molecule has 0 bridgehead atoms. The fraction of sp³-hybridized carbons (Fsp3) is 0.150. The summed E-state index contributed by atoms with van der Waals surface area (Å²) in [7, 11) is 0. The average Bonchev–Trinajstić information content (AvgIpc) is 3.06. The largest absolute Gasteiger partial charge is 0.349 e. The van der Waals surface area contributed by atoms with E-state index in [4.69, 9.17) is 17.3 Å². The molecule has 3 aromatic rings. The van der Waals surface area contributed by atoms with E-state index in [1.54, 1.807) is 41.1 Å². The van der Waals surface area contributed by atoms with Gasteiger partial charge < -0.3 is 15.6 Å². The predicted octanol–water partition coefficient (Wildman–Crippen LogP) is 2.70. The van der Waals surface area contributed by atoms with Gasteiger partial charge in [-0.3, -0.25) is 9.79 Å². The van der Waals surface area contributed by atoms with Gasteiger partial charge in [-0.25, -0.2) is 9.37 Å². The average molecular weight is 398 g/mol. The Bertz CT molecular complexity index is 1090. The number of carbonyl (C=O) groups excluding carboxylic acids is 1. The van der Waals surface area contributed by atoms with Crippen LogP contribution in [0.25, 0.3) is 5.69 Å². The molecule has 1 aliphatic rings. The highest BCUT2D eigenvalue weighted by Gasteiger charge is 2.23. The molecule has 2 heterocycles. The van der Waals surface area contributed by atoms with Crippen molar-refractivity contribution in [1.82, 2.24) is 14.9 Å². The normalized spacial score (nSPS) is 12.6. The van der Waals surface area contributed by atoms with E-state index < -0.39 is 0 Å². The quantitative estimate of drug-likeness (QED) is 0.709. The Balaban J connectivity index is 1.84. The maximum atomic E-state index is 14.4. The molecule has 0 unspecified atom stereocenters. The van der Waals surface area contributed by atoms with Crippen LogP contribution in [0.5, 0.6) is 0 Å². The van der Waals surface area contributed by atoms with Crippen LogP contribution in [-0.2, 0) is 6.54 Å². The number of nitrogens with one attached hydrogen (secondary N) is 1. The number of benzene rings is 2. The number of rotatable bonds is 4. The summed E-state index contributed by atoms with van der Waals surface area (Å²) in [5, 5.41) is 3.21. The Kier molecular flexibility index (Phi) is 4.93. The Morgan fingerprint density at radius 3 is 2.86 bits per heavy atom. The number of halogens is 2. The Labute approximate surface area is 165 Å². The minimum Gasteiger partial charge on any atom is -0.349 e. The van der Waals surface area contributed by atoms with Crippen LogP contribution in [0, 0.1) is 5.82 Å². The van der Waals surface area contributed by atoms with Gasteiger partial charge in [0.1, 0.15) is 17.3 Å². The topological polar surface area (TPSA) is 85.3 Å². The van der Waals surface area contributed by atoms with E-state index >= 15 is 0 Å². The molecule has 6 nitrogen and oxygen atoms in total. The molecule has 0 atom stereocenters. The summed E-state index contributed by atoms with van der Waals surface area (Å²) in [5.41, 5.74) is 7.98. The standard InChI is InChI=1S/C20H17ClFN5O/c21-12-5-6-17-14(9-12)19(13-3-1-2-4-15(13)22)25-10-18-26-16(11-27(17)18)20(28)24-8-7-23/h1-6,9,11H,7-8,10,23H2,(H,24,28). The minimum absolute atomic E-state index is 0.195. The molecule has 1 aromatic heterocycles. The van der Waals surface area contributed by atoms with E-state index in [1.807, 2.05) is 6.07 Å². The zero-order valence-corrected chi connectivity index (χ0v) is 15.6. The van der Waals surface area contributed by atoms with E-state index in [0.29, 0.717) is 40.8 Å². The number of amides is 1. The number of aliphatic imine (C=N–C) groups is 1. The van der Waals surface area contributed by atoms with Crippen molar-refractivity contribution in [2.24, 2.45) is 10.7 Å². The van der Waals surface area contributed by atoms with Crippen LogP contribution in [0.15, 0.2) is 53.7 Å². The lowest BCUT2D eigenvalue weighted by Crippen LogP contribution is -2.29. The maximum absolute atomic E-state index is 14.4. The summed E-state index contributed by atoms with van der Waals surface area (Å²) in [4.78, 5) is 21.3. The summed E-state index contributed by atoms with van der Waals surface area (Å²) in [6.07, 6.45) is 1.65. The van der Waals surface area contributed by atoms with Crippen molar-refractivity contribution >= 4 is 23.2 Å². The number of hydrogen-bond donors (Lipinski definition) is 2. The first-order valence-corrected chi connectivity index (χ1v) is 9.12. The highest BCUT2D eigenvalue weighted by atomic mass is 35.5. The van der Waals surface area contributed by atoms with E-state index in [-0.39, 0.29) is 24.0 Å². The fourth-order valence-corrected chi connectivity index (χ4v) is 3.32. The molecular weight excluding hydrogens is 381 g/mol. The molecule has 3 N–H and O–H groups in total. The molecule has 0 spiro atoms. The monoisotopic (exact) mass is 397 g/mol. The van der Waals surface area contributed by atoms with Gasteiger partial charge in [-0.2, -0.15) is 0 Å². The second-order valence-electron chi connectivity index (χ2n) is 6.26. The first kappa shape index (κ1) is 18.3. The fourth-order valence-electron chi connectivity index (χ4n) is 3.15. The molecular formula is C20H17ClFN5O. The first-order chi connectivity index (χ1) is 13.6. The van der Waals surface area contributed by atoms with Gasteiger partial charge in [-0.15, -0.1) is 0 Å². The van der Waals surface area contributed by atoms with Gasteiger partial charge in [0, 0.05) is 35.4 Å². The Hall–Kier alpha value is -3.03. The van der Waals surface area contributed by atoms with Crippen LogP contribution in [0.1, 0.15) is 27.4 Å². The lowest BCUT2D eigenvalue weighted by atomic mass is 10.00. The smallest absolute Gasteiger partial charge is 0.271 e. The summed E-state index contributed by atoms with van der Waals surface area (Å²) >= 11 is 6.21. The predicted molar refractivity (Wildman–Crippen MR) is 106 cm³/mol. The zero-order chi connectivity index (χ0) is 19.7. The zero-order valence-electron chi connectivity index (χ0n) is 14.8. The van der Waals surface area contributed by atoms with Crippen molar-refractivity contribution in [2.75, 3.05) is 13.1 Å². The molecule has 1 amide bonds. The summed E-state index contributed by atoms with van der Waals surface area (Å²) in [5.74, 6) is -0.0961. The molecule has 0 saturated heterocycles. The molecule has 2 aromatic carbocycles. The summed E-state index contributed by atoms with van der Waals surface area (Å²) in [6.45, 7) is 0.903. The van der Waals surface area contributed by atoms with Crippen LogP contribution in [0.4, 0.5) is 4.39 Å². The first-order valence-electron chi connectivity index (χ1n) is 8.74. The molecule has 0 saturated carbocycles.